The molecule has 1 aromatic heterocycles. The monoisotopic (exact) mass is 248 g/mol. The van der Waals surface area contributed by atoms with E-state index < -0.39 is 0 Å². The first kappa shape index (κ1) is 9.82. The number of hydrogen-bond donors (Lipinski definition) is 0. The van der Waals surface area contributed by atoms with Crippen LogP contribution in [0.3, 0.4) is 0 Å². The number of fused-ring (bicyclic) bond motifs is 3. The fraction of sp³-hybridized carbons (Fsp3) is 0. The highest BCUT2D eigenvalue weighted by Gasteiger charge is 2.04. The Bertz CT molecular complexity index is 634. The van der Waals surface area contributed by atoms with Crippen LogP contribution < -0.4 is 0 Å². The van der Waals surface area contributed by atoms with Gasteiger partial charge in [0.2, 0.25) is 0 Å². The largest absolute Gasteiger partial charge is 0.150 e. The van der Waals surface area contributed by atoms with E-state index in [0.717, 1.165) is 21.8 Å². The van der Waals surface area contributed by atoms with Crippen LogP contribution in [0.25, 0.3) is 21.8 Å². The molecule has 1 heterocycles. The molecule has 0 aliphatic carbocycles. The van der Waals surface area contributed by atoms with Crippen molar-refractivity contribution in [1.29, 1.82) is 0 Å². The maximum Gasteiger partial charge on any atom is 0.0937 e. The lowest BCUT2D eigenvalue weighted by Gasteiger charge is -2.02. The summed E-state index contributed by atoms with van der Waals surface area (Å²) in [5.74, 6) is 0. The normalized spacial score (nSPS) is 11.1. The Kier molecular flexibility index (Phi) is 2.20. The molecule has 0 saturated heterocycles. The molecule has 0 radical (unpaired) electrons. The van der Waals surface area contributed by atoms with Gasteiger partial charge in [-0.25, -0.2) is 0 Å². The van der Waals surface area contributed by atoms with Crippen molar-refractivity contribution in [1.82, 2.24) is 10.2 Å². The minimum Gasteiger partial charge on any atom is -0.150 e. The van der Waals surface area contributed by atoms with E-state index in [4.69, 9.17) is 23.2 Å². The van der Waals surface area contributed by atoms with Crippen LogP contribution >= 0.6 is 23.2 Å². The Balaban J connectivity index is 2.55. The quantitative estimate of drug-likeness (QED) is 0.561. The van der Waals surface area contributed by atoms with Gasteiger partial charge in [0, 0.05) is 20.8 Å². The second-order valence-electron chi connectivity index (χ2n) is 3.52. The molecule has 3 aromatic rings. The molecule has 0 bridgehead atoms. The second kappa shape index (κ2) is 3.58. The van der Waals surface area contributed by atoms with Crippen molar-refractivity contribution in [2.24, 2.45) is 0 Å². The van der Waals surface area contributed by atoms with Gasteiger partial charge in [-0.1, -0.05) is 23.2 Å². The third-order valence-electron chi connectivity index (χ3n) is 2.47. The summed E-state index contributed by atoms with van der Waals surface area (Å²) in [6.07, 6.45) is 0. The van der Waals surface area contributed by atoms with E-state index in [1.165, 1.54) is 0 Å². The maximum absolute atomic E-state index is 5.98. The molecular formula is C12H6Cl2N2. The Labute approximate surface area is 102 Å². The van der Waals surface area contributed by atoms with Gasteiger partial charge in [0.25, 0.3) is 0 Å². The van der Waals surface area contributed by atoms with Crippen LogP contribution in [0.15, 0.2) is 36.4 Å². The highest BCUT2D eigenvalue weighted by Crippen LogP contribution is 2.26. The van der Waals surface area contributed by atoms with Crippen LogP contribution in [-0.2, 0) is 0 Å². The number of nitrogens with zero attached hydrogens (tertiary/aromatic N) is 2. The molecule has 78 valence electrons. The molecule has 0 aliphatic rings. The lowest BCUT2D eigenvalue weighted by molar-refractivity contribution is 1.12. The summed E-state index contributed by atoms with van der Waals surface area (Å²) in [5, 5.41) is 11.6. The lowest BCUT2D eigenvalue weighted by Crippen LogP contribution is -1.87. The molecule has 2 nitrogen and oxygen atoms in total. The van der Waals surface area contributed by atoms with Crippen LogP contribution in [-0.4, -0.2) is 10.2 Å². The molecule has 3 rings (SSSR count). The number of halogens is 2. The SMILES string of the molecule is Clc1ccc2nnc3ccc(Cl)cc3c2c1. The topological polar surface area (TPSA) is 25.8 Å². The van der Waals surface area contributed by atoms with Gasteiger partial charge in [-0.2, -0.15) is 0 Å². The summed E-state index contributed by atoms with van der Waals surface area (Å²) < 4.78 is 0. The standard InChI is InChI=1S/C12H6Cl2N2/c13-7-1-3-11-9(5-7)10-6-8(14)2-4-12(10)16-15-11/h1-6H. The van der Waals surface area contributed by atoms with Gasteiger partial charge < -0.3 is 0 Å². The average Bonchev–Trinajstić information content (AvgIpc) is 2.29. The Morgan fingerprint density at radius 2 is 1.12 bits per heavy atom. The van der Waals surface area contributed by atoms with Gasteiger partial charge in [-0.05, 0) is 36.4 Å². The number of rotatable bonds is 0. The third-order valence-corrected chi connectivity index (χ3v) is 2.94. The summed E-state index contributed by atoms with van der Waals surface area (Å²) >= 11 is 12.0. The minimum atomic E-state index is 0.682. The minimum absolute atomic E-state index is 0.682. The van der Waals surface area contributed by atoms with Gasteiger partial charge in [0.05, 0.1) is 11.0 Å². The van der Waals surface area contributed by atoms with Crippen LogP contribution in [0.4, 0.5) is 0 Å². The van der Waals surface area contributed by atoms with Crippen LogP contribution in [0.5, 0.6) is 0 Å². The van der Waals surface area contributed by atoms with Crippen molar-refractivity contribution >= 4 is 45.0 Å². The van der Waals surface area contributed by atoms with Crippen molar-refractivity contribution in [3.63, 3.8) is 0 Å². The Hall–Kier alpha value is -1.38. The van der Waals surface area contributed by atoms with Crippen molar-refractivity contribution in [2.45, 2.75) is 0 Å². The fourth-order valence-corrected chi connectivity index (χ4v) is 2.07. The van der Waals surface area contributed by atoms with E-state index in [9.17, 15) is 0 Å². The van der Waals surface area contributed by atoms with Crippen LogP contribution in [0.2, 0.25) is 10.0 Å². The maximum atomic E-state index is 5.98. The molecule has 0 fully saturated rings. The van der Waals surface area contributed by atoms with E-state index in [-0.39, 0.29) is 0 Å². The third kappa shape index (κ3) is 1.51. The molecular weight excluding hydrogens is 243 g/mol. The Morgan fingerprint density at radius 3 is 1.56 bits per heavy atom. The zero-order valence-electron chi connectivity index (χ0n) is 8.11. The van der Waals surface area contributed by atoms with Crippen molar-refractivity contribution < 1.29 is 0 Å². The number of hydrogen-bond acceptors (Lipinski definition) is 2. The smallest absolute Gasteiger partial charge is 0.0937 e. The average molecular weight is 249 g/mol. The van der Waals surface area contributed by atoms with Gasteiger partial charge >= 0.3 is 0 Å². The first-order chi connectivity index (χ1) is 7.74. The predicted molar refractivity (Wildman–Crippen MR) is 67.1 cm³/mol. The first-order valence-electron chi connectivity index (χ1n) is 4.75. The van der Waals surface area contributed by atoms with Crippen molar-refractivity contribution in [3.05, 3.63) is 46.4 Å². The Morgan fingerprint density at radius 1 is 0.688 bits per heavy atom. The molecule has 0 amide bonds. The van der Waals surface area contributed by atoms with Gasteiger partial charge in [0.15, 0.2) is 0 Å². The lowest BCUT2D eigenvalue weighted by atomic mass is 10.1. The van der Waals surface area contributed by atoms with E-state index >= 15 is 0 Å². The van der Waals surface area contributed by atoms with E-state index in [2.05, 4.69) is 10.2 Å². The molecule has 0 unspecified atom stereocenters. The van der Waals surface area contributed by atoms with Crippen molar-refractivity contribution in [3.8, 4) is 0 Å². The molecule has 0 aliphatic heterocycles. The van der Waals surface area contributed by atoms with Gasteiger partial charge in [0.1, 0.15) is 0 Å². The second-order valence-corrected chi connectivity index (χ2v) is 4.40. The fourth-order valence-electron chi connectivity index (χ4n) is 1.73. The van der Waals surface area contributed by atoms with E-state index in [1.54, 1.807) is 12.1 Å². The summed E-state index contributed by atoms with van der Waals surface area (Å²) in [4.78, 5) is 0. The molecule has 4 heteroatoms. The molecule has 0 N–H and O–H groups in total. The zero-order valence-corrected chi connectivity index (χ0v) is 9.63. The highest BCUT2D eigenvalue weighted by molar-refractivity contribution is 6.32. The summed E-state index contributed by atoms with van der Waals surface area (Å²) in [5.41, 5.74) is 1.64. The van der Waals surface area contributed by atoms with Crippen LogP contribution in [0.1, 0.15) is 0 Å². The van der Waals surface area contributed by atoms with Gasteiger partial charge in [-0.3, -0.25) is 0 Å². The predicted octanol–water partition coefficient (Wildman–Crippen LogP) is 4.09. The summed E-state index contributed by atoms with van der Waals surface area (Å²) in [6.45, 7) is 0. The highest BCUT2D eigenvalue weighted by atomic mass is 35.5. The zero-order chi connectivity index (χ0) is 11.1. The molecule has 2 aromatic carbocycles. The summed E-state index contributed by atoms with van der Waals surface area (Å²) in [6, 6.07) is 11.1. The summed E-state index contributed by atoms with van der Waals surface area (Å²) in [7, 11) is 0. The molecule has 0 atom stereocenters. The molecule has 0 saturated carbocycles. The van der Waals surface area contributed by atoms with Crippen molar-refractivity contribution in [2.75, 3.05) is 0 Å². The van der Waals surface area contributed by atoms with E-state index in [1.807, 2.05) is 24.3 Å². The number of benzene rings is 2. The molecule has 0 spiro atoms. The van der Waals surface area contributed by atoms with E-state index in [0.29, 0.717) is 10.0 Å². The van der Waals surface area contributed by atoms with Gasteiger partial charge in [-0.15, -0.1) is 10.2 Å². The molecule has 16 heavy (non-hydrogen) atoms. The first-order valence-corrected chi connectivity index (χ1v) is 5.51. The van der Waals surface area contributed by atoms with Crippen LogP contribution in [0, 0.1) is 0 Å². The number of aromatic nitrogens is 2.